The Bertz CT molecular complexity index is 549. The summed E-state index contributed by atoms with van der Waals surface area (Å²) in [4.78, 5) is 12.0. The Labute approximate surface area is 199 Å². The van der Waals surface area contributed by atoms with E-state index in [-0.39, 0.29) is 19.2 Å². The van der Waals surface area contributed by atoms with E-state index in [1.165, 1.54) is 25.7 Å². The second kappa shape index (κ2) is 19.1. The highest BCUT2D eigenvalue weighted by Gasteiger charge is 2.44. The molecule has 5 atom stereocenters. The Hall–Kier alpha value is -1.25. The fraction of sp³-hybridized carbons (Fsp3) is 0.808. The van der Waals surface area contributed by atoms with Crippen LogP contribution in [0, 0.1) is 0 Å². The van der Waals surface area contributed by atoms with Crippen LogP contribution in [0.5, 0.6) is 0 Å². The van der Waals surface area contributed by atoms with Crippen molar-refractivity contribution in [1.82, 2.24) is 0 Å². The van der Waals surface area contributed by atoms with Gasteiger partial charge in [-0.2, -0.15) is 0 Å². The van der Waals surface area contributed by atoms with Crippen LogP contribution in [0.1, 0.15) is 90.9 Å². The Morgan fingerprint density at radius 2 is 1.45 bits per heavy atom. The summed E-state index contributed by atoms with van der Waals surface area (Å²) in [6, 6.07) is 0. The maximum absolute atomic E-state index is 12.0. The molecule has 1 aliphatic rings. The van der Waals surface area contributed by atoms with Crippen LogP contribution in [0.15, 0.2) is 24.3 Å². The van der Waals surface area contributed by atoms with E-state index in [0.717, 1.165) is 44.9 Å². The fourth-order valence-electron chi connectivity index (χ4n) is 3.68. The topological polar surface area (TPSA) is 105 Å². The molecule has 1 unspecified atom stereocenters. The molecular weight excluding hydrogens is 424 g/mol. The third-order valence-corrected chi connectivity index (χ3v) is 5.74. The summed E-state index contributed by atoms with van der Waals surface area (Å²) in [6.07, 6.45) is 15.5. The minimum Gasteiger partial charge on any atom is -0.463 e. The number of aliphatic hydroxyl groups is 3. The number of unbranched alkanes of at least 4 members (excludes halogenated alkanes) is 8. The highest BCUT2D eigenvalue weighted by atomic mass is 16.7. The van der Waals surface area contributed by atoms with Crippen LogP contribution in [0.25, 0.3) is 0 Å². The molecule has 0 amide bonds. The lowest BCUT2D eigenvalue weighted by Gasteiger charge is -2.39. The molecule has 33 heavy (non-hydrogen) atoms. The van der Waals surface area contributed by atoms with Gasteiger partial charge >= 0.3 is 5.97 Å². The molecule has 0 bridgehead atoms. The molecular formula is C26H46O7. The van der Waals surface area contributed by atoms with E-state index in [1.807, 2.05) is 0 Å². The summed E-state index contributed by atoms with van der Waals surface area (Å²) in [7, 11) is 0. The average molecular weight is 471 g/mol. The van der Waals surface area contributed by atoms with E-state index in [0.29, 0.717) is 6.42 Å². The van der Waals surface area contributed by atoms with Gasteiger partial charge in [0.1, 0.15) is 31.0 Å². The summed E-state index contributed by atoms with van der Waals surface area (Å²) in [5.74, 6) is -0.356. The van der Waals surface area contributed by atoms with Gasteiger partial charge in [0.15, 0.2) is 6.29 Å². The average Bonchev–Trinajstić information content (AvgIpc) is 2.81. The smallest absolute Gasteiger partial charge is 0.305 e. The Balaban J connectivity index is 2.03. The lowest BCUT2D eigenvalue weighted by Crippen LogP contribution is -2.59. The normalized spacial score (nSPS) is 25.8. The lowest BCUT2D eigenvalue weighted by molar-refractivity contribution is -0.300. The summed E-state index contributed by atoms with van der Waals surface area (Å²) >= 11 is 0. The first-order valence-corrected chi connectivity index (χ1v) is 12.8. The van der Waals surface area contributed by atoms with Crippen LogP contribution in [0.2, 0.25) is 0 Å². The molecule has 0 spiro atoms. The number of ether oxygens (including phenoxy) is 3. The standard InChI is InChI=1S/C26H46O7/c1-3-5-6-7-8-9-10-11-12-13-14-15-16-17-18-19-22(27)32-20-21-23(28)24(29)25(30)26(33-21)31-4-2/h8-9,11-12,21,23-26,28-30H,3-7,10,13-20H2,1-2H3/b9-8-,12-11-/t21-,23-,24+,25-,26?/m1/s1. The zero-order valence-electron chi connectivity index (χ0n) is 20.6. The number of esters is 1. The molecule has 0 aromatic heterocycles. The fourth-order valence-corrected chi connectivity index (χ4v) is 3.68. The van der Waals surface area contributed by atoms with Gasteiger partial charge in [-0.05, 0) is 45.4 Å². The van der Waals surface area contributed by atoms with Crippen LogP contribution in [0.4, 0.5) is 0 Å². The number of aliphatic hydroxyl groups excluding tert-OH is 3. The van der Waals surface area contributed by atoms with Gasteiger partial charge in [-0.1, -0.05) is 63.3 Å². The number of carbonyl (C=O) groups excluding carboxylic acids is 1. The van der Waals surface area contributed by atoms with Crippen molar-refractivity contribution in [2.75, 3.05) is 13.2 Å². The van der Waals surface area contributed by atoms with E-state index in [4.69, 9.17) is 14.2 Å². The van der Waals surface area contributed by atoms with Gasteiger partial charge in [-0.25, -0.2) is 0 Å². The van der Waals surface area contributed by atoms with E-state index < -0.39 is 30.7 Å². The molecule has 1 aliphatic heterocycles. The highest BCUT2D eigenvalue weighted by Crippen LogP contribution is 2.22. The molecule has 0 radical (unpaired) electrons. The molecule has 0 saturated carbocycles. The maximum Gasteiger partial charge on any atom is 0.305 e. The number of hydrogen-bond donors (Lipinski definition) is 3. The molecule has 0 aromatic rings. The van der Waals surface area contributed by atoms with Crippen molar-refractivity contribution in [3.8, 4) is 0 Å². The minimum absolute atomic E-state index is 0.187. The van der Waals surface area contributed by atoms with Crippen LogP contribution >= 0.6 is 0 Å². The molecule has 7 nitrogen and oxygen atoms in total. The second-order valence-electron chi connectivity index (χ2n) is 8.63. The summed E-state index contributed by atoms with van der Waals surface area (Å²) in [6.45, 7) is 4.05. The quantitative estimate of drug-likeness (QED) is 0.157. The third kappa shape index (κ3) is 13.3. The van der Waals surface area contributed by atoms with Gasteiger partial charge in [0.2, 0.25) is 0 Å². The predicted octanol–water partition coefficient (Wildman–Crippen LogP) is 4.19. The van der Waals surface area contributed by atoms with Crippen molar-refractivity contribution >= 4 is 5.97 Å². The number of hydrogen-bond acceptors (Lipinski definition) is 7. The van der Waals surface area contributed by atoms with Crippen LogP contribution < -0.4 is 0 Å². The Morgan fingerprint density at radius 1 is 0.818 bits per heavy atom. The first-order valence-electron chi connectivity index (χ1n) is 12.8. The first-order chi connectivity index (χ1) is 16.0. The minimum atomic E-state index is -1.42. The van der Waals surface area contributed by atoms with Gasteiger partial charge in [0, 0.05) is 13.0 Å². The van der Waals surface area contributed by atoms with Crippen LogP contribution in [-0.4, -0.2) is 65.2 Å². The lowest BCUT2D eigenvalue weighted by atomic mass is 9.99. The van der Waals surface area contributed by atoms with Crippen molar-refractivity contribution in [3.05, 3.63) is 24.3 Å². The van der Waals surface area contributed by atoms with Gasteiger partial charge in [-0.3, -0.25) is 4.79 Å². The van der Waals surface area contributed by atoms with Crippen molar-refractivity contribution in [2.24, 2.45) is 0 Å². The molecule has 1 rings (SSSR count). The molecule has 1 fully saturated rings. The molecule has 1 saturated heterocycles. The van der Waals surface area contributed by atoms with E-state index in [1.54, 1.807) is 6.92 Å². The molecule has 1 heterocycles. The zero-order chi connectivity index (χ0) is 24.3. The van der Waals surface area contributed by atoms with Crippen molar-refractivity contribution in [1.29, 1.82) is 0 Å². The largest absolute Gasteiger partial charge is 0.463 e. The SMILES string of the molecule is CCCCC/C=C\C/C=C\CCCCCCCC(=O)OC[C@H]1OC(OCC)[C@H](O)[C@@H](O)[C@@H]1O. The summed E-state index contributed by atoms with van der Waals surface area (Å²) in [5, 5.41) is 29.8. The Morgan fingerprint density at radius 3 is 2.12 bits per heavy atom. The number of allylic oxidation sites excluding steroid dienone is 4. The van der Waals surface area contributed by atoms with Crippen molar-refractivity contribution < 1.29 is 34.3 Å². The number of rotatable bonds is 18. The van der Waals surface area contributed by atoms with Crippen molar-refractivity contribution in [3.63, 3.8) is 0 Å². The van der Waals surface area contributed by atoms with Gasteiger partial charge < -0.3 is 29.5 Å². The Kier molecular flexibility index (Phi) is 17.2. The maximum atomic E-state index is 12.0. The van der Waals surface area contributed by atoms with E-state index in [9.17, 15) is 20.1 Å². The van der Waals surface area contributed by atoms with Gasteiger partial charge in [0.05, 0.1) is 0 Å². The van der Waals surface area contributed by atoms with Gasteiger partial charge in [-0.15, -0.1) is 0 Å². The molecule has 192 valence electrons. The second-order valence-corrected chi connectivity index (χ2v) is 8.63. The van der Waals surface area contributed by atoms with Crippen LogP contribution in [0.3, 0.4) is 0 Å². The molecule has 3 N–H and O–H groups in total. The first kappa shape index (κ1) is 29.8. The summed E-state index contributed by atoms with van der Waals surface area (Å²) < 4.78 is 15.8. The van der Waals surface area contributed by atoms with E-state index in [2.05, 4.69) is 31.2 Å². The summed E-state index contributed by atoms with van der Waals surface area (Å²) in [5.41, 5.74) is 0. The van der Waals surface area contributed by atoms with Crippen LogP contribution in [-0.2, 0) is 19.0 Å². The highest BCUT2D eigenvalue weighted by molar-refractivity contribution is 5.69. The van der Waals surface area contributed by atoms with Crippen molar-refractivity contribution in [2.45, 2.75) is 122 Å². The third-order valence-electron chi connectivity index (χ3n) is 5.74. The number of carbonyl (C=O) groups is 1. The molecule has 0 aromatic carbocycles. The van der Waals surface area contributed by atoms with E-state index >= 15 is 0 Å². The predicted molar refractivity (Wildman–Crippen MR) is 129 cm³/mol. The zero-order valence-corrected chi connectivity index (χ0v) is 20.6. The molecule has 7 heteroatoms. The van der Waals surface area contributed by atoms with Gasteiger partial charge in [0.25, 0.3) is 0 Å². The molecule has 0 aliphatic carbocycles. The monoisotopic (exact) mass is 470 g/mol.